The van der Waals surface area contributed by atoms with Gasteiger partial charge in [-0.1, -0.05) is 6.92 Å². The first kappa shape index (κ1) is 7.56. The van der Waals surface area contributed by atoms with Crippen molar-refractivity contribution in [3.8, 4) is 0 Å². The summed E-state index contributed by atoms with van der Waals surface area (Å²) in [6.07, 6.45) is 4.14. The van der Waals surface area contributed by atoms with Crippen LogP contribution in [-0.4, -0.2) is 30.6 Å². The molecule has 11 heavy (non-hydrogen) atoms. The van der Waals surface area contributed by atoms with Crippen molar-refractivity contribution in [1.29, 1.82) is 0 Å². The van der Waals surface area contributed by atoms with Crippen molar-refractivity contribution in [1.82, 2.24) is 4.90 Å². The fourth-order valence-corrected chi connectivity index (χ4v) is 2.20. The zero-order chi connectivity index (χ0) is 7.90. The summed E-state index contributed by atoms with van der Waals surface area (Å²) in [5.41, 5.74) is 6.70. The first-order valence-electron chi connectivity index (χ1n) is 4.75. The zero-order valence-corrected chi connectivity index (χ0v) is 7.34. The number of likely N-dealkylation sites (tertiary alicyclic amines) is 1. The van der Waals surface area contributed by atoms with E-state index in [2.05, 4.69) is 11.8 Å². The van der Waals surface area contributed by atoms with Crippen LogP contribution in [-0.2, 0) is 0 Å². The number of rotatable bonds is 1. The van der Waals surface area contributed by atoms with Gasteiger partial charge in [0.25, 0.3) is 0 Å². The van der Waals surface area contributed by atoms with Crippen molar-refractivity contribution in [3.63, 3.8) is 0 Å². The quantitative estimate of drug-likeness (QED) is 0.606. The molecule has 2 N–H and O–H groups in total. The van der Waals surface area contributed by atoms with E-state index in [0.717, 1.165) is 6.54 Å². The lowest BCUT2D eigenvalue weighted by atomic mass is 9.89. The van der Waals surface area contributed by atoms with Gasteiger partial charge in [-0.15, -0.1) is 0 Å². The molecular weight excluding hydrogens is 136 g/mol. The smallest absolute Gasteiger partial charge is 0.0225 e. The van der Waals surface area contributed by atoms with Gasteiger partial charge in [0.2, 0.25) is 0 Å². The molecule has 0 aromatic rings. The molecule has 0 radical (unpaired) electrons. The molecule has 0 amide bonds. The number of hydrogen-bond donors (Lipinski definition) is 1. The van der Waals surface area contributed by atoms with Crippen molar-refractivity contribution in [3.05, 3.63) is 0 Å². The molecule has 1 aliphatic carbocycles. The van der Waals surface area contributed by atoms with E-state index < -0.39 is 0 Å². The third-order valence-corrected chi connectivity index (χ3v) is 3.51. The van der Waals surface area contributed by atoms with Gasteiger partial charge in [-0.05, 0) is 37.8 Å². The van der Waals surface area contributed by atoms with E-state index in [1.807, 2.05) is 0 Å². The lowest BCUT2D eigenvalue weighted by molar-refractivity contribution is 0.154. The molecule has 64 valence electrons. The zero-order valence-electron chi connectivity index (χ0n) is 7.34. The Bertz CT molecular complexity index is 152. The Morgan fingerprint density at radius 2 is 2.18 bits per heavy atom. The molecule has 1 spiro atoms. The van der Waals surface area contributed by atoms with Gasteiger partial charge in [-0.25, -0.2) is 0 Å². The molecule has 0 bridgehead atoms. The molecule has 1 saturated heterocycles. The van der Waals surface area contributed by atoms with Crippen molar-refractivity contribution in [2.45, 2.75) is 32.2 Å². The molecule has 1 heterocycles. The van der Waals surface area contributed by atoms with Crippen LogP contribution < -0.4 is 5.73 Å². The third-order valence-electron chi connectivity index (χ3n) is 3.51. The van der Waals surface area contributed by atoms with Gasteiger partial charge >= 0.3 is 0 Å². The average Bonchev–Trinajstić information content (AvgIpc) is 2.77. The van der Waals surface area contributed by atoms with Gasteiger partial charge < -0.3 is 10.6 Å². The summed E-state index contributed by atoms with van der Waals surface area (Å²) in [6.45, 7) is 5.81. The largest absolute Gasteiger partial charge is 0.326 e. The van der Waals surface area contributed by atoms with Crippen molar-refractivity contribution in [2.24, 2.45) is 11.1 Å². The molecule has 1 atom stereocenters. The monoisotopic (exact) mass is 154 g/mol. The van der Waals surface area contributed by atoms with E-state index in [1.165, 1.54) is 32.4 Å². The molecule has 2 aliphatic rings. The number of piperidine rings is 1. The van der Waals surface area contributed by atoms with E-state index in [0.29, 0.717) is 11.5 Å². The van der Waals surface area contributed by atoms with Crippen LogP contribution in [0.4, 0.5) is 0 Å². The Labute approximate surface area is 68.7 Å². The Kier molecular flexibility index (Phi) is 1.69. The van der Waals surface area contributed by atoms with E-state index in [-0.39, 0.29) is 0 Å². The fourth-order valence-electron chi connectivity index (χ4n) is 2.20. The second-order valence-electron chi connectivity index (χ2n) is 4.11. The minimum Gasteiger partial charge on any atom is -0.326 e. The van der Waals surface area contributed by atoms with Crippen LogP contribution in [0.15, 0.2) is 0 Å². The summed E-state index contributed by atoms with van der Waals surface area (Å²) in [4.78, 5) is 2.47. The Morgan fingerprint density at radius 3 is 2.64 bits per heavy atom. The van der Waals surface area contributed by atoms with E-state index >= 15 is 0 Å². The summed E-state index contributed by atoms with van der Waals surface area (Å²) in [5.74, 6) is 0. The fraction of sp³-hybridized carbons (Fsp3) is 1.00. The van der Waals surface area contributed by atoms with Crippen molar-refractivity contribution >= 4 is 0 Å². The van der Waals surface area contributed by atoms with Gasteiger partial charge in [0, 0.05) is 12.6 Å². The molecule has 2 nitrogen and oxygen atoms in total. The van der Waals surface area contributed by atoms with Crippen molar-refractivity contribution in [2.75, 3.05) is 19.6 Å². The Balaban J connectivity index is 1.94. The number of nitrogens with two attached hydrogens (primary N) is 1. The number of hydrogen-bond acceptors (Lipinski definition) is 2. The Morgan fingerprint density at radius 1 is 1.45 bits per heavy atom. The summed E-state index contributed by atoms with van der Waals surface area (Å²) in [5, 5.41) is 0. The van der Waals surface area contributed by atoms with Crippen LogP contribution >= 0.6 is 0 Å². The maximum atomic E-state index is 6.10. The number of likely N-dealkylation sites (N-methyl/N-ethyl adjacent to an activating group) is 1. The summed E-state index contributed by atoms with van der Waals surface area (Å²) in [6, 6.07) is 0.469. The predicted octanol–water partition coefficient (Wildman–Crippen LogP) is 0.820. The second-order valence-corrected chi connectivity index (χ2v) is 4.11. The molecule has 1 unspecified atom stereocenters. The van der Waals surface area contributed by atoms with Crippen LogP contribution in [0.1, 0.15) is 26.2 Å². The molecule has 1 saturated carbocycles. The maximum absolute atomic E-state index is 6.10. The minimum atomic E-state index is 0.469. The summed E-state index contributed by atoms with van der Waals surface area (Å²) in [7, 11) is 0. The lowest BCUT2D eigenvalue weighted by Crippen LogP contribution is -2.49. The van der Waals surface area contributed by atoms with Crippen molar-refractivity contribution < 1.29 is 0 Å². The Hall–Kier alpha value is -0.0800. The number of nitrogens with zero attached hydrogens (tertiary/aromatic N) is 1. The van der Waals surface area contributed by atoms with Crippen LogP contribution in [0.5, 0.6) is 0 Å². The average molecular weight is 154 g/mol. The molecular formula is C9H18N2. The summed E-state index contributed by atoms with van der Waals surface area (Å²) < 4.78 is 0. The van der Waals surface area contributed by atoms with Gasteiger partial charge in [0.1, 0.15) is 0 Å². The highest BCUT2D eigenvalue weighted by Crippen LogP contribution is 2.52. The van der Waals surface area contributed by atoms with E-state index in [4.69, 9.17) is 5.73 Å². The van der Waals surface area contributed by atoms with Crippen LogP contribution in [0, 0.1) is 5.41 Å². The van der Waals surface area contributed by atoms with Crippen LogP contribution in [0.2, 0.25) is 0 Å². The maximum Gasteiger partial charge on any atom is 0.0225 e. The van der Waals surface area contributed by atoms with Gasteiger partial charge in [-0.2, -0.15) is 0 Å². The lowest BCUT2D eigenvalue weighted by Gasteiger charge is -2.36. The topological polar surface area (TPSA) is 29.3 Å². The molecule has 1 aliphatic heterocycles. The van der Waals surface area contributed by atoms with E-state index in [9.17, 15) is 0 Å². The highest BCUT2D eigenvalue weighted by Gasteiger charge is 2.49. The normalized spacial score (nSPS) is 36.0. The molecule has 2 fully saturated rings. The predicted molar refractivity (Wildman–Crippen MR) is 46.4 cm³/mol. The molecule has 2 rings (SSSR count). The van der Waals surface area contributed by atoms with Gasteiger partial charge in [0.05, 0.1) is 0 Å². The van der Waals surface area contributed by atoms with Gasteiger partial charge in [-0.3, -0.25) is 0 Å². The molecule has 0 aromatic heterocycles. The van der Waals surface area contributed by atoms with E-state index in [1.54, 1.807) is 0 Å². The third kappa shape index (κ3) is 1.18. The first-order valence-corrected chi connectivity index (χ1v) is 4.75. The SMILES string of the molecule is CCN1CCC2(CC2)C(N)C1. The van der Waals surface area contributed by atoms with Crippen LogP contribution in [0.25, 0.3) is 0 Å². The van der Waals surface area contributed by atoms with Crippen LogP contribution in [0.3, 0.4) is 0 Å². The molecule has 2 heteroatoms. The standard InChI is InChI=1S/C9H18N2/c1-2-11-6-5-9(3-4-9)8(10)7-11/h8H,2-7,10H2,1H3. The summed E-state index contributed by atoms with van der Waals surface area (Å²) >= 11 is 0. The highest BCUT2D eigenvalue weighted by atomic mass is 15.2. The first-order chi connectivity index (χ1) is 5.27. The minimum absolute atomic E-state index is 0.469. The second kappa shape index (κ2) is 2.46. The molecule has 0 aromatic carbocycles. The van der Waals surface area contributed by atoms with Gasteiger partial charge in [0.15, 0.2) is 0 Å². The highest BCUT2D eigenvalue weighted by molar-refractivity contribution is 5.04.